The molecule has 0 radical (unpaired) electrons. The van der Waals surface area contributed by atoms with Crippen molar-refractivity contribution in [3.8, 4) is 0 Å². The minimum Gasteiger partial charge on any atom is -0.352 e. The Morgan fingerprint density at radius 1 is 1.89 bits per heavy atom. The number of urea groups is 1. The zero-order valence-electron chi connectivity index (χ0n) is 5.26. The van der Waals surface area contributed by atoms with Crippen LogP contribution >= 0.6 is 11.8 Å². The molecular formula is C4H11N3OS. The van der Waals surface area contributed by atoms with Gasteiger partial charge in [0, 0.05) is 5.75 Å². The zero-order chi connectivity index (χ0) is 7.28. The minimum atomic E-state index is -0.573. The molecule has 0 rings (SSSR count). The molecule has 5 N–H and O–H groups in total. The van der Waals surface area contributed by atoms with Crippen molar-refractivity contribution >= 4 is 17.8 Å². The van der Waals surface area contributed by atoms with Gasteiger partial charge in [-0.2, -0.15) is 11.8 Å². The van der Waals surface area contributed by atoms with Gasteiger partial charge in [0.1, 0.15) is 0 Å². The van der Waals surface area contributed by atoms with Crippen molar-refractivity contribution in [2.45, 2.75) is 6.17 Å². The summed E-state index contributed by atoms with van der Waals surface area (Å²) in [6.07, 6.45) is 1.58. The molecule has 2 amide bonds. The van der Waals surface area contributed by atoms with E-state index in [1.807, 2.05) is 6.26 Å². The number of thioether (sulfide) groups is 1. The fraction of sp³-hybridized carbons (Fsp3) is 0.750. The Balaban J connectivity index is 3.26. The number of hydrogen-bond donors (Lipinski definition) is 3. The first kappa shape index (κ1) is 8.58. The van der Waals surface area contributed by atoms with Crippen LogP contribution in [-0.4, -0.2) is 24.2 Å². The van der Waals surface area contributed by atoms with Crippen LogP contribution in [0.1, 0.15) is 0 Å². The van der Waals surface area contributed by atoms with E-state index in [-0.39, 0.29) is 6.17 Å². The number of carbonyl (C=O) groups excluding carboxylic acids is 1. The van der Waals surface area contributed by atoms with E-state index in [4.69, 9.17) is 11.5 Å². The Kier molecular flexibility index (Phi) is 4.25. The Bertz CT molecular complexity index is 97.8. The minimum absolute atomic E-state index is 0.322. The maximum Gasteiger partial charge on any atom is 0.313 e. The van der Waals surface area contributed by atoms with Gasteiger partial charge in [-0.1, -0.05) is 0 Å². The average Bonchev–Trinajstić information content (AvgIpc) is 1.63. The first-order valence-corrected chi connectivity index (χ1v) is 3.86. The molecule has 0 aromatic rings. The van der Waals surface area contributed by atoms with Crippen LogP contribution in [0, 0.1) is 0 Å². The highest BCUT2D eigenvalue weighted by Crippen LogP contribution is 1.90. The lowest BCUT2D eigenvalue weighted by atomic mass is 10.6. The smallest absolute Gasteiger partial charge is 0.313 e. The van der Waals surface area contributed by atoms with Crippen LogP contribution in [0.15, 0.2) is 0 Å². The van der Waals surface area contributed by atoms with Crippen molar-refractivity contribution in [1.29, 1.82) is 0 Å². The highest BCUT2D eigenvalue weighted by atomic mass is 32.2. The topological polar surface area (TPSA) is 81.1 Å². The Morgan fingerprint density at radius 2 is 2.44 bits per heavy atom. The number of rotatable bonds is 3. The molecular weight excluding hydrogens is 138 g/mol. The fourth-order valence-corrected chi connectivity index (χ4v) is 0.846. The molecule has 4 nitrogen and oxygen atoms in total. The predicted molar refractivity (Wildman–Crippen MR) is 39.1 cm³/mol. The van der Waals surface area contributed by atoms with Gasteiger partial charge in [0.05, 0.1) is 6.17 Å². The Hall–Kier alpha value is -0.420. The summed E-state index contributed by atoms with van der Waals surface area (Å²) in [5.41, 5.74) is 10.1. The van der Waals surface area contributed by atoms with E-state index in [0.717, 1.165) is 0 Å². The second-order valence-electron chi connectivity index (χ2n) is 1.57. The van der Waals surface area contributed by atoms with E-state index >= 15 is 0 Å². The number of primary amides is 1. The van der Waals surface area contributed by atoms with Crippen LogP contribution in [0.25, 0.3) is 0 Å². The quantitative estimate of drug-likeness (QED) is 0.464. The summed E-state index contributed by atoms with van der Waals surface area (Å²) in [4.78, 5) is 10.1. The van der Waals surface area contributed by atoms with Gasteiger partial charge in [-0.3, -0.25) is 0 Å². The van der Waals surface area contributed by atoms with Gasteiger partial charge < -0.3 is 16.8 Å². The van der Waals surface area contributed by atoms with Crippen LogP contribution in [0.4, 0.5) is 4.79 Å². The average molecular weight is 149 g/mol. The van der Waals surface area contributed by atoms with Gasteiger partial charge in [-0.15, -0.1) is 0 Å². The van der Waals surface area contributed by atoms with Crippen molar-refractivity contribution in [3.63, 3.8) is 0 Å². The summed E-state index contributed by atoms with van der Waals surface area (Å²) in [5, 5.41) is 2.34. The third kappa shape index (κ3) is 5.45. The van der Waals surface area contributed by atoms with Crippen molar-refractivity contribution in [2.24, 2.45) is 11.5 Å². The summed E-state index contributed by atoms with van der Waals surface area (Å²) in [6, 6.07) is -0.573. The largest absolute Gasteiger partial charge is 0.352 e. The molecule has 0 aliphatic carbocycles. The second kappa shape index (κ2) is 4.46. The van der Waals surface area contributed by atoms with Crippen molar-refractivity contribution in [1.82, 2.24) is 5.32 Å². The van der Waals surface area contributed by atoms with Crippen molar-refractivity contribution in [3.05, 3.63) is 0 Å². The molecule has 0 bridgehead atoms. The zero-order valence-corrected chi connectivity index (χ0v) is 6.07. The van der Waals surface area contributed by atoms with E-state index in [9.17, 15) is 4.79 Å². The van der Waals surface area contributed by atoms with Gasteiger partial charge in [-0.05, 0) is 6.26 Å². The van der Waals surface area contributed by atoms with E-state index < -0.39 is 6.03 Å². The van der Waals surface area contributed by atoms with Gasteiger partial charge in [0.25, 0.3) is 0 Å². The third-order valence-corrected chi connectivity index (χ3v) is 1.37. The molecule has 0 aromatic carbocycles. The molecule has 0 saturated carbocycles. The predicted octanol–water partition coefficient (Wildman–Crippen LogP) is -0.697. The van der Waals surface area contributed by atoms with Crippen molar-refractivity contribution in [2.75, 3.05) is 12.0 Å². The summed E-state index contributed by atoms with van der Waals surface area (Å²) in [7, 11) is 0. The first-order chi connectivity index (χ1) is 4.16. The molecule has 0 saturated heterocycles. The number of nitrogens with one attached hydrogen (secondary N) is 1. The molecule has 9 heavy (non-hydrogen) atoms. The number of carbonyl (C=O) groups is 1. The lowest BCUT2D eigenvalue weighted by Gasteiger charge is -2.08. The number of hydrogen-bond acceptors (Lipinski definition) is 3. The summed E-state index contributed by atoms with van der Waals surface area (Å²) < 4.78 is 0. The van der Waals surface area contributed by atoms with E-state index in [1.54, 1.807) is 11.8 Å². The monoisotopic (exact) mass is 149 g/mol. The molecule has 0 aliphatic rings. The normalized spacial score (nSPS) is 12.7. The van der Waals surface area contributed by atoms with Crippen LogP contribution in [0.5, 0.6) is 0 Å². The number of nitrogens with two attached hydrogens (primary N) is 2. The van der Waals surface area contributed by atoms with E-state index in [0.29, 0.717) is 5.75 Å². The maximum absolute atomic E-state index is 10.1. The highest BCUT2D eigenvalue weighted by molar-refractivity contribution is 7.98. The van der Waals surface area contributed by atoms with Crippen LogP contribution in [0.3, 0.4) is 0 Å². The van der Waals surface area contributed by atoms with Crippen molar-refractivity contribution < 1.29 is 4.79 Å². The van der Waals surface area contributed by atoms with Gasteiger partial charge >= 0.3 is 6.03 Å². The molecule has 54 valence electrons. The molecule has 1 atom stereocenters. The van der Waals surface area contributed by atoms with Crippen LogP contribution in [0.2, 0.25) is 0 Å². The highest BCUT2D eigenvalue weighted by Gasteiger charge is 2.00. The first-order valence-electron chi connectivity index (χ1n) is 2.47. The number of amides is 2. The van der Waals surface area contributed by atoms with Gasteiger partial charge in [-0.25, -0.2) is 4.79 Å². The molecule has 0 fully saturated rings. The summed E-state index contributed by atoms with van der Waals surface area (Å²) >= 11 is 1.56. The summed E-state index contributed by atoms with van der Waals surface area (Å²) in [6.45, 7) is 0. The van der Waals surface area contributed by atoms with Gasteiger partial charge in [0.2, 0.25) is 0 Å². The lowest BCUT2D eigenvalue weighted by molar-refractivity contribution is 0.246. The Morgan fingerprint density at radius 3 is 2.78 bits per heavy atom. The van der Waals surface area contributed by atoms with E-state index in [2.05, 4.69) is 5.32 Å². The maximum atomic E-state index is 10.1. The molecule has 1 unspecified atom stereocenters. The third-order valence-electron chi connectivity index (χ3n) is 0.674. The SMILES string of the molecule is CSCC(N)NC(N)=O. The molecule has 0 heterocycles. The van der Waals surface area contributed by atoms with Crippen LogP contribution in [-0.2, 0) is 0 Å². The fourth-order valence-electron chi connectivity index (χ4n) is 0.404. The standard InChI is InChI=1S/C4H11N3OS/c1-9-2-3(5)7-4(6)8/h3H,2,5H2,1H3,(H3,6,7,8). The van der Waals surface area contributed by atoms with E-state index in [1.165, 1.54) is 0 Å². The molecule has 5 heteroatoms. The Labute approximate surface area is 58.3 Å². The molecule has 0 aromatic heterocycles. The van der Waals surface area contributed by atoms with Crippen LogP contribution < -0.4 is 16.8 Å². The molecule has 0 spiro atoms. The van der Waals surface area contributed by atoms with Gasteiger partial charge in [0.15, 0.2) is 0 Å². The molecule has 0 aliphatic heterocycles. The summed E-state index contributed by atoms with van der Waals surface area (Å²) in [5.74, 6) is 0.683. The second-order valence-corrected chi connectivity index (χ2v) is 2.48. The lowest BCUT2D eigenvalue weighted by Crippen LogP contribution is -2.45.